The van der Waals surface area contributed by atoms with Gasteiger partial charge < -0.3 is 4.74 Å². The second-order valence-electron chi connectivity index (χ2n) is 3.80. The zero-order valence-corrected chi connectivity index (χ0v) is 11.1. The van der Waals surface area contributed by atoms with Crippen molar-refractivity contribution in [3.8, 4) is 10.4 Å². The van der Waals surface area contributed by atoms with Gasteiger partial charge in [-0.3, -0.25) is 4.79 Å². The molecule has 0 unspecified atom stereocenters. The van der Waals surface area contributed by atoms with Gasteiger partial charge in [0.1, 0.15) is 6.29 Å². The molecule has 2 rings (SSSR count). The van der Waals surface area contributed by atoms with Crippen molar-refractivity contribution < 1.29 is 14.3 Å². The van der Waals surface area contributed by atoms with Gasteiger partial charge in [0, 0.05) is 16.5 Å². The van der Waals surface area contributed by atoms with E-state index >= 15 is 0 Å². The third-order valence-electron chi connectivity index (χ3n) is 2.60. The fourth-order valence-electron chi connectivity index (χ4n) is 1.62. The lowest BCUT2D eigenvalue weighted by molar-refractivity contribution is -0.134. The normalized spacial score (nSPS) is 10.6. The number of benzene rings is 1. The molecule has 0 atom stereocenters. The van der Waals surface area contributed by atoms with E-state index in [2.05, 4.69) is 4.74 Å². The highest BCUT2D eigenvalue weighted by Crippen LogP contribution is 2.30. The van der Waals surface area contributed by atoms with Gasteiger partial charge in [0.05, 0.1) is 7.11 Å². The zero-order chi connectivity index (χ0) is 13.7. The lowest BCUT2D eigenvalue weighted by Gasteiger charge is -2.00. The Morgan fingerprint density at radius 2 is 1.95 bits per heavy atom. The van der Waals surface area contributed by atoms with E-state index < -0.39 is 0 Å². The quantitative estimate of drug-likeness (QED) is 0.486. The first kappa shape index (κ1) is 13.2. The Morgan fingerprint density at radius 3 is 2.58 bits per heavy atom. The molecule has 0 N–H and O–H groups in total. The first-order valence-corrected chi connectivity index (χ1v) is 6.51. The number of ether oxygens (including phenoxy) is 1. The average molecular weight is 272 g/mol. The SMILES string of the molecule is COC(=O)/C=C/c1ccsc1-c1ccc(C=O)cc1. The van der Waals surface area contributed by atoms with E-state index in [9.17, 15) is 9.59 Å². The number of hydrogen-bond acceptors (Lipinski definition) is 4. The first-order valence-electron chi connectivity index (χ1n) is 5.63. The van der Waals surface area contributed by atoms with E-state index in [1.165, 1.54) is 13.2 Å². The monoisotopic (exact) mass is 272 g/mol. The number of thiophene rings is 1. The van der Waals surface area contributed by atoms with Crippen LogP contribution in [0.1, 0.15) is 15.9 Å². The number of hydrogen-bond donors (Lipinski definition) is 0. The molecule has 19 heavy (non-hydrogen) atoms. The lowest BCUT2D eigenvalue weighted by atomic mass is 10.1. The van der Waals surface area contributed by atoms with Crippen molar-refractivity contribution in [2.24, 2.45) is 0 Å². The molecular formula is C15H12O3S. The Balaban J connectivity index is 2.30. The molecule has 0 aliphatic carbocycles. The third kappa shape index (κ3) is 3.17. The van der Waals surface area contributed by atoms with Crippen LogP contribution in [0, 0.1) is 0 Å². The van der Waals surface area contributed by atoms with Crippen molar-refractivity contribution in [3.63, 3.8) is 0 Å². The molecule has 0 saturated heterocycles. The number of rotatable bonds is 4. The molecule has 0 amide bonds. The van der Waals surface area contributed by atoms with Crippen LogP contribution in [0.15, 0.2) is 41.8 Å². The van der Waals surface area contributed by atoms with Crippen LogP contribution in [0.4, 0.5) is 0 Å². The molecule has 1 aromatic heterocycles. The van der Waals surface area contributed by atoms with Crippen LogP contribution < -0.4 is 0 Å². The van der Waals surface area contributed by atoms with Gasteiger partial charge in [-0.25, -0.2) is 4.79 Å². The van der Waals surface area contributed by atoms with Crippen LogP contribution >= 0.6 is 11.3 Å². The number of methoxy groups -OCH3 is 1. The highest BCUT2D eigenvalue weighted by molar-refractivity contribution is 7.13. The van der Waals surface area contributed by atoms with Crippen LogP contribution in [0.25, 0.3) is 16.5 Å². The first-order chi connectivity index (χ1) is 9.24. The molecule has 0 fully saturated rings. The summed E-state index contributed by atoms with van der Waals surface area (Å²) in [6.45, 7) is 0. The van der Waals surface area contributed by atoms with Crippen molar-refractivity contribution in [3.05, 3.63) is 52.9 Å². The van der Waals surface area contributed by atoms with Crippen LogP contribution in [0.5, 0.6) is 0 Å². The van der Waals surface area contributed by atoms with E-state index in [0.717, 1.165) is 22.3 Å². The molecule has 0 bridgehead atoms. The summed E-state index contributed by atoms with van der Waals surface area (Å²) in [5.41, 5.74) is 2.62. The van der Waals surface area contributed by atoms with Gasteiger partial charge in [0.15, 0.2) is 0 Å². The maximum absolute atomic E-state index is 11.1. The second kappa shape index (κ2) is 6.11. The van der Waals surface area contributed by atoms with Gasteiger partial charge in [-0.05, 0) is 28.6 Å². The van der Waals surface area contributed by atoms with Gasteiger partial charge in [-0.1, -0.05) is 24.3 Å². The Morgan fingerprint density at radius 1 is 1.21 bits per heavy atom. The summed E-state index contributed by atoms with van der Waals surface area (Å²) in [5, 5.41) is 1.96. The minimum absolute atomic E-state index is 0.381. The van der Waals surface area contributed by atoms with Gasteiger partial charge in [0.2, 0.25) is 0 Å². The summed E-state index contributed by atoms with van der Waals surface area (Å²) < 4.78 is 4.56. The number of esters is 1. The highest BCUT2D eigenvalue weighted by Gasteiger charge is 2.05. The smallest absolute Gasteiger partial charge is 0.330 e. The second-order valence-corrected chi connectivity index (χ2v) is 4.72. The predicted molar refractivity (Wildman–Crippen MR) is 76.2 cm³/mol. The summed E-state index contributed by atoms with van der Waals surface area (Å²) in [6.07, 6.45) is 3.94. The fourth-order valence-corrected chi connectivity index (χ4v) is 2.52. The van der Waals surface area contributed by atoms with E-state index in [-0.39, 0.29) is 5.97 Å². The molecule has 1 aromatic carbocycles. The van der Waals surface area contributed by atoms with E-state index in [1.807, 2.05) is 23.6 Å². The topological polar surface area (TPSA) is 43.4 Å². The van der Waals surface area contributed by atoms with Crippen LogP contribution in [0.2, 0.25) is 0 Å². The van der Waals surface area contributed by atoms with Gasteiger partial charge in [-0.2, -0.15) is 0 Å². The maximum Gasteiger partial charge on any atom is 0.330 e. The van der Waals surface area contributed by atoms with Gasteiger partial charge in [0.25, 0.3) is 0 Å². The number of aldehydes is 1. The largest absolute Gasteiger partial charge is 0.466 e. The average Bonchev–Trinajstić information content (AvgIpc) is 2.93. The Kier molecular flexibility index (Phi) is 4.26. The number of carbonyl (C=O) groups is 2. The van der Waals surface area contributed by atoms with Crippen LogP contribution in [-0.2, 0) is 9.53 Å². The molecule has 0 spiro atoms. The third-order valence-corrected chi connectivity index (χ3v) is 3.58. The minimum atomic E-state index is -0.381. The minimum Gasteiger partial charge on any atom is -0.466 e. The van der Waals surface area contributed by atoms with E-state index in [0.29, 0.717) is 5.56 Å². The number of carbonyl (C=O) groups excluding carboxylic acids is 2. The molecule has 1 heterocycles. The van der Waals surface area contributed by atoms with Crippen molar-refractivity contribution in [1.29, 1.82) is 0 Å². The molecule has 0 aliphatic rings. The summed E-state index contributed by atoms with van der Waals surface area (Å²) >= 11 is 1.58. The van der Waals surface area contributed by atoms with E-state index in [1.54, 1.807) is 29.5 Å². The molecule has 0 aliphatic heterocycles. The molecule has 0 radical (unpaired) electrons. The summed E-state index contributed by atoms with van der Waals surface area (Å²) in [5.74, 6) is -0.381. The Bertz CT molecular complexity index is 609. The summed E-state index contributed by atoms with van der Waals surface area (Å²) in [7, 11) is 1.35. The van der Waals surface area contributed by atoms with Crippen LogP contribution in [0.3, 0.4) is 0 Å². The Labute approximate surface area is 115 Å². The van der Waals surface area contributed by atoms with Gasteiger partial charge in [-0.15, -0.1) is 11.3 Å². The van der Waals surface area contributed by atoms with Crippen LogP contribution in [-0.4, -0.2) is 19.4 Å². The summed E-state index contributed by atoms with van der Waals surface area (Å²) in [4.78, 5) is 22.8. The zero-order valence-electron chi connectivity index (χ0n) is 10.3. The van der Waals surface area contributed by atoms with Crippen molar-refractivity contribution in [2.75, 3.05) is 7.11 Å². The van der Waals surface area contributed by atoms with Crippen molar-refractivity contribution >= 4 is 29.7 Å². The van der Waals surface area contributed by atoms with Crippen molar-refractivity contribution in [1.82, 2.24) is 0 Å². The maximum atomic E-state index is 11.1. The molecule has 96 valence electrons. The predicted octanol–water partition coefficient (Wildman–Crippen LogP) is 3.41. The lowest BCUT2D eigenvalue weighted by Crippen LogP contribution is -1.93. The van der Waals surface area contributed by atoms with E-state index in [4.69, 9.17) is 0 Å². The van der Waals surface area contributed by atoms with Gasteiger partial charge >= 0.3 is 5.97 Å². The molecule has 2 aromatic rings. The molecule has 4 heteroatoms. The fraction of sp³-hybridized carbons (Fsp3) is 0.0667. The standard InChI is InChI=1S/C15H12O3S/c1-18-14(17)7-6-13-8-9-19-15(13)12-4-2-11(10-16)3-5-12/h2-10H,1H3/b7-6+. The molecular weight excluding hydrogens is 260 g/mol. The summed E-state index contributed by atoms with van der Waals surface area (Å²) in [6, 6.07) is 9.27. The highest BCUT2D eigenvalue weighted by atomic mass is 32.1. The molecule has 3 nitrogen and oxygen atoms in total. The molecule has 0 saturated carbocycles. The van der Waals surface area contributed by atoms with Crippen molar-refractivity contribution in [2.45, 2.75) is 0 Å². The Hall–Kier alpha value is -2.20.